The van der Waals surface area contributed by atoms with E-state index in [1.54, 1.807) is 42.5 Å². The van der Waals surface area contributed by atoms with E-state index in [0.29, 0.717) is 23.6 Å². The first-order chi connectivity index (χ1) is 18.3. The number of aryl methyl sites for hydroxylation is 1. The van der Waals surface area contributed by atoms with E-state index in [4.69, 9.17) is 16.3 Å². The van der Waals surface area contributed by atoms with E-state index in [2.05, 4.69) is 26.1 Å². The highest BCUT2D eigenvalue weighted by Crippen LogP contribution is 2.21. The number of hydrogen-bond acceptors (Lipinski definition) is 6. The van der Waals surface area contributed by atoms with Crippen LogP contribution in [0.1, 0.15) is 28.4 Å². The molecule has 0 saturated carbocycles. The van der Waals surface area contributed by atoms with Gasteiger partial charge in [-0.1, -0.05) is 35.9 Å². The van der Waals surface area contributed by atoms with Crippen LogP contribution in [-0.2, 0) is 9.59 Å². The van der Waals surface area contributed by atoms with Crippen molar-refractivity contribution in [2.45, 2.75) is 13.8 Å². The zero-order valence-corrected chi connectivity index (χ0v) is 21.4. The summed E-state index contributed by atoms with van der Waals surface area (Å²) in [6.07, 6.45) is 1.30. The number of anilines is 2. The van der Waals surface area contributed by atoms with Crippen LogP contribution in [0.5, 0.6) is 5.75 Å². The van der Waals surface area contributed by atoms with Gasteiger partial charge in [0.25, 0.3) is 5.91 Å². The van der Waals surface area contributed by atoms with Gasteiger partial charge in [0.05, 0.1) is 29.6 Å². The summed E-state index contributed by atoms with van der Waals surface area (Å²) in [5.74, 6) is -1.80. The Labute approximate surface area is 223 Å². The van der Waals surface area contributed by atoms with Gasteiger partial charge < -0.3 is 15.4 Å². The van der Waals surface area contributed by atoms with Gasteiger partial charge in [-0.25, -0.2) is 10.4 Å². The van der Waals surface area contributed by atoms with Gasteiger partial charge in [-0.15, -0.1) is 0 Å². The monoisotopic (exact) mass is 529 g/mol. The van der Waals surface area contributed by atoms with Gasteiger partial charge in [-0.2, -0.15) is 5.10 Å². The Bertz CT molecular complexity index is 1540. The van der Waals surface area contributed by atoms with Crippen molar-refractivity contribution < 1.29 is 19.1 Å². The fraction of sp³-hybridized carbons (Fsp3) is 0.107. The summed E-state index contributed by atoms with van der Waals surface area (Å²) in [5, 5.41) is 10.1. The SMILES string of the molecule is CCOc1ccc(NC(=O)c2ccccc2NC(=O)C(=O)NN=Cc2cc3ccc(C)cc3nc2Cl)cc1. The fourth-order valence-corrected chi connectivity index (χ4v) is 3.73. The van der Waals surface area contributed by atoms with Gasteiger partial charge in [-0.3, -0.25) is 14.4 Å². The van der Waals surface area contributed by atoms with Crippen LogP contribution in [0.15, 0.2) is 77.9 Å². The lowest BCUT2D eigenvalue weighted by Crippen LogP contribution is -2.33. The summed E-state index contributed by atoms with van der Waals surface area (Å²) in [7, 11) is 0. The maximum Gasteiger partial charge on any atom is 0.329 e. The Morgan fingerprint density at radius 3 is 2.50 bits per heavy atom. The van der Waals surface area contributed by atoms with Crippen molar-refractivity contribution in [1.29, 1.82) is 0 Å². The maximum atomic E-state index is 12.8. The van der Waals surface area contributed by atoms with Gasteiger partial charge in [-0.05, 0) is 67.9 Å². The molecular weight excluding hydrogens is 506 g/mol. The molecule has 4 aromatic rings. The second kappa shape index (κ2) is 12.0. The van der Waals surface area contributed by atoms with Crippen molar-refractivity contribution in [3.05, 3.63) is 94.6 Å². The number of nitrogens with zero attached hydrogens (tertiary/aromatic N) is 2. The normalized spacial score (nSPS) is 10.8. The summed E-state index contributed by atoms with van der Waals surface area (Å²) in [6.45, 7) is 4.37. The number of hydrogen-bond donors (Lipinski definition) is 3. The number of para-hydroxylation sites is 1. The third kappa shape index (κ3) is 6.51. The number of carbonyl (C=O) groups excluding carboxylic acids is 3. The molecule has 10 heteroatoms. The predicted molar refractivity (Wildman–Crippen MR) is 148 cm³/mol. The van der Waals surface area contributed by atoms with Crippen LogP contribution < -0.4 is 20.8 Å². The minimum atomic E-state index is -1.02. The van der Waals surface area contributed by atoms with Crippen LogP contribution in [0.2, 0.25) is 5.15 Å². The molecule has 0 radical (unpaired) electrons. The lowest BCUT2D eigenvalue weighted by Gasteiger charge is -2.11. The summed E-state index contributed by atoms with van der Waals surface area (Å²) >= 11 is 6.23. The molecule has 0 saturated heterocycles. The second-order valence-electron chi connectivity index (χ2n) is 8.17. The van der Waals surface area contributed by atoms with Gasteiger partial charge >= 0.3 is 11.8 Å². The van der Waals surface area contributed by atoms with Crippen LogP contribution in [0, 0.1) is 6.92 Å². The maximum absolute atomic E-state index is 12.8. The van der Waals surface area contributed by atoms with E-state index in [9.17, 15) is 14.4 Å². The highest BCUT2D eigenvalue weighted by atomic mass is 35.5. The van der Waals surface area contributed by atoms with Crippen LogP contribution in [0.25, 0.3) is 10.9 Å². The molecule has 0 aliphatic rings. The first kappa shape index (κ1) is 26.3. The number of rotatable bonds is 7. The number of aromatic nitrogens is 1. The van der Waals surface area contributed by atoms with E-state index in [1.165, 1.54) is 18.3 Å². The molecule has 3 amide bonds. The topological polar surface area (TPSA) is 122 Å². The zero-order chi connectivity index (χ0) is 27.1. The number of pyridine rings is 1. The molecule has 9 nitrogen and oxygen atoms in total. The Kier molecular flexibility index (Phi) is 8.30. The molecule has 0 spiro atoms. The number of halogens is 1. The van der Waals surface area contributed by atoms with Crippen molar-refractivity contribution >= 4 is 57.8 Å². The Morgan fingerprint density at radius 1 is 0.974 bits per heavy atom. The second-order valence-corrected chi connectivity index (χ2v) is 8.53. The number of nitrogens with one attached hydrogen (secondary N) is 3. The Morgan fingerprint density at radius 2 is 1.74 bits per heavy atom. The molecule has 3 aromatic carbocycles. The van der Waals surface area contributed by atoms with E-state index in [-0.39, 0.29) is 16.4 Å². The van der Waals surface area contributed by atoms with Crippen LogP contribution >= 0.6 is 11.6 Å². The molecule has 0 unspecified atom stereocenters. The minimum Gasteiger partial charge on any atom is -0.494 e. The minimum absolute atomic E-state index is 0.164. The van der Waals surface area contributed by atoms with Crippen molar-refractivity contribution in [2.24, 2.45) is 5.10 Å². The van der Waals surface area contributed by atoms with Gasteiger partial charge in [0.1, 0.15) is 10.9 Å². The molecule has 0 aliphatic heterocycles. The third-order valence-electron chi connectivity index (χ3n) is 5.37. The number of hydrazone groups is 1. The van der Waals surface area contributed by atoms with Crippen molar-refractivity contribution in [2.75, 3.05) is 17.2 Å². The average Bonchev–Trinajstić information content (AvgIpc) is 2.90. The van der Waals surface area contributed by atoms with Gasteiger partial charge in [0.15, 0.2) is 0 Å². The number of carbonyl (C=O) groups is 3. The third-order valence-corrected chi connectivity index (χ3v) is 5.68. The van der Waals surface area contributed by atoms with Crippen molar-refractivity contribution in [3.63, 3.8) is 0 Å². The first-order valence-corrected chi connectivity index (χ1v) is 12.1. The molecule has 38 heavy (non-hydrogen) atoms. The number of amides is 3. The largest absolute Gasteiger partial charge is 0.494 e. The standard InChI is InChI=1S/C28H24ClN5O4/c1-3-38-21-12-10-20(11-13-21)31-26(35)22-6-4-5-7-23(22)33-27(36)28(37)34-30-16-19-15-18-9-8-17(2)14-24(18)32-25(19)29/h4-16H,3H2,1-2H3,(H,31,35)(H,33,36)(H,34,37). The van der Waals surface area contributed by atoms with E-state index in [1.807, 2.05) is 32.0 Å². The van der Waals surface area contributed by atoms with Crippen LogP contribution in [0.3, 0.4) is 0 Å². The zero-order valence-electron chi connectivity index (χ0n) is 20.6. The van der Waals surface area contributed by atoms with Gasteiger partial charge in [0, 0.05) is 16.6 Å². The molecule has 0 fully saturated rings. The first-order valence-electron chi connectivity index (χ1n) is 11.7. The van der Waals surface area contributed by atoms with E-state index >= 15 is 0 Å². The molecule has 1 heterocycles. The number of benzene rings is 3. The van der Waals surface area contributed by atoms with Crippen LogP contribution in [-0.4, -0.2) is 35.5 Å². The van der Waals surface area contributed by atoms with E-state index < -0.39 is 17.7 Å². The Hall–Kier alpha value is -4.76. The lowest BCUT2D eigenvalue weighted by molar-refractivity contribution is -0.136. The fourth-order valence-electron chi connectivity index (χ4n) is 3.54. The smallest absolute Gasteiger partial charge is 0.329 e. The highest BCUT2D eigenvalue weighted by Gasteiger charge is 2.18. The molecule has 0 bridgehead atoms. The van der Waals surface area contributed by atoms with E-state index in [0.717, 1.165) is 16.5 Å². The molecule has 3 N–H and O–H groups in total. The van der Waals surface area contributed by atoms with Gasteiger partial charge in [0.2, 0.25) is 0 Å². The predicted octanol–water partition coefficient (Wildman–Crippen LogP) is 4.94. The molecule has 192 valence electrons. The van der Waals surface area contributed by atoms with Crippen molar-refractivity contribution in [1.82, 2.24) is 10.4 Å². The summed E-state index contributed by atoms with van der Waals surface area (Å²) in [6, 6.07) is 20.7. The molecule has 1 aromatic heterocycles. The summed E-state index contributed by atoms with van der Waals surface area (Å²) < 4.78 is 5.40. The number of ether oxygens (including phenoxy) is 1. The number of fused-ring (bicyclic) bond motifs is 1. The molecule has 0 aliphatic carbocycles. The average molecular weight is 530 g/mol. The molecule has 0 atom stereocenters. The lowest BCUT2D eigenvalue weighted by atomic mass is 10.1. The van der Waals surface area contributed by atoms with Crippen molar-refractivity contribution in [3.8, 4) is 5.75 Å². The highest BCUT2D eigenvalue weighted by molar-refractivity contribution is 6.40. The van der Waals surface area contributed by atoms with Crippen LogP contribution in [0.4, 0.5) is 11.4 Å². The molecular formula is C28H24ClN5O4. The summed E-state index contributed by atoms with van der Waals surface area (Å²) in [5.41, 5.74) is 5.31. The molecule has 4 rings (SSSR count). The Balaban J connectivity index is 1.39. The summed E-state index contributed by atoms with van der Waals surface area (Å²) in [4.78, 5) is 42.0. The quantitative estimate of drug-likeness (QED) is 0.135.